The van der Waals surface area contributed by atoms with Crippen LogP contribution in [0.4, 0.5) is 4.39 Å². The molecule has 1 aromatic rings. The fourth-order valence-electron chi connectivity index (χ4n) is 1.28. The molecule has 0 aliphatic heterocycles. The van der Waals surface area contributed by atoms with Gasteiger partial charge in [-0.2, -0.15) is 0 Å². The molecule has 0 radical (unpaired) electrons. The third-order valence-electron chi connectivity index (χ3n) is 2.52. The second-order valence-electron chi connectivity index (χ2n) is 3.95. The van der Waals surface area contributed by atoms with E-state index in [2.05, 4.69) is 4.72 Å². The van der Waals surface area contributed by atoms with E-state index < -0.39 is 26.6 Å². The van der Waals surface area contributed by atoms with Crippen molar-refractivity contribution in [2.75, 3.05) is 12.8 Å². The van der Waals surface area contributed by atoms with E-state index in [9.17, 15) is 17.0 Å². The molecule has 0 saturated carbocycles. The Bertz CT molecular complexity index is 531. The number of sulfonamides is 1. The highest BCUT2D eigenvalue weighted by Crippen LogP contribution is 2.10. The molecule has 102 valence electrons. The first-order valence-electron chi connectivity index (χ1n) is 5.40. The monoisotopic (exact) mass is 293 g/mol. The van der Waals surface area contributed by atoms with Gasteiger partial charge in [0.05, 0.1) is 4.90 Å². The van der Waals surface area contributed by atoms with Gasteiger partial charge in [-0.25, -0.2) is 17.5 Å². The van der Waals surface area contributed by atoms with Gasteiger partial charge in [0.15, 0.2) is 0 Å². The van der Waals surface area contributed by atoms with E-state index in [4.69, 9.17) is 0 Å². The zero-order valence-electron chi connectivity index (χ0n) is 10.2. The number of benzene rings is 1. The maximum Gasteiger partial charge on any atom is 0.240 e. The average molecular weight is 293 g/mol. The van der Waals surface area contributed by atoms with E-state index in [1.54, 1.807) is 13.2 Å². The summed E-state index contributed by atoms with van der Waals surface area (Å²) in [6, 6.07) is 4.81. The van der Waals surface area contributed by atoms with Crippen LogP contribution in [0.2, 0.25) is 0 Å². The maximum atomic E-state index is 12.9. The molecule has 0 aliphatic rings. The molecular formula is C11H16FNO3S2. The first-order chi connectivity index (χ1) is 8.33. The molecule has 4 nitrogen and oxygen atoms in total. The van der Waals surface area contributed by atoms with Gasteiger partial charge < -0.3 is 0 Å². The van der Waals surface area contributed by atoms with Gasteiger partial charge in [-0.15, -0.1) is 0 Å². The number of hydrogen-bond donors (Lipinski definition) is 1. The van der Waals surface area contributed by atoms with E-state index in [0.29, 0.717) is 6.42 Å². The van der Waals surface area contributed by atoms with E-state index >= 15 is 0 Å². The van der Waals surface area contributed by atoms with E-state index in [1.807, 2.05) is 0 Å². The predicted octanol–water partition coefficient (Wildman–Crippen LogP) is 1.26. The molecule has 0 saturated heterocycles. The van der Waals surface area contributed by atoms with Crippen molar-refractivity contribution < 1.29 is 17.0 Å². The Morgan fingerprint density at radius 2 is 2.11 bits per heavy atom. The summed E-state index contributed by atoms with van der Waals surface area (Å²) >= 11 is 0. The van der Waals surface area contributed by atoms with E-state index in [0.717, 1.165) is 6.07 Å². The second-order valence-corrected chi connectivity index (χ2v) is 7.52. The Hall–Kier alpha value is -0.790. The SMILES string of the molecule is CC(CCNS(=O)(=O)c1cccc(F)c1)S(C)=O. The Morgan fingerprint density at radius 1 is 1.44 bits per heavy atom. The number of rotatable bonds is 6. The third kappa shape index (κ3) is 4.47. The van der Waals surface area contributed by atoms with Gasteiger partial charge in [0.1, 0.15) is 5.82 Å². The summed E-state index contributed by atoms with van der Waals surface area (Å²) in [6.45, 7) is 1.96. The molecule has 18 heavy (non-hydrogen) atoms. The molecule has 1 rings (SSSR count). The molecule has 0 aliphatic carbocycles. The third-order valence-corrected chi connectivity index (χ3v) is 5.34. The van der Waals surface area contributed by atoms with Crippen LogP contribution >= 0.6 is 0 Å². The van der Waals surface area contributed by atoms with Crippen LogP contribution in [0, 0.1) is 5.82 Å². The van der Waals surface area contributed by atoms with Gasteiger partial charge >= 0.3 is 0 Å². The van der Waals surface area contributed by atoms with Crippen LogP contribution in [0.3, 0.4) is 0 Å². The van der Waals surface area contributed by atoms with Crippen LogP contribution in [-0.2, 0) is 20.8 Å². The summed E-state index contributed by atoms with van der Waals surface area (Å²) in [5, 5.41) is -0.0831. The maximum absolute atomic E-state index is 12.9. The quantitative estimate of drug-likeness (QED) is 0.859. The summed E-state index contributed by atoms with van der Waals surface area (Å²) < 4.78 is 49.9. The number of hydrogen-bond acceptors (Lipinski definition) is 3. The van der Waals surface area contributed by atoms with Crippen LogP contribution in [0.15, 0.2) is 29.2 Å². The summed E-state index contributed by atoms with van der Waals surface area (Å²) in [5.74, 6) is -0.596. The van der Waals surface area contributed by atoms with Crippen molar-refractivity contribution in [1.29, 1.82) is 0 Å². The van der Waals surface area contributed by atoms with Gasteiger partial charge in [0, 0.05) is 28.9 Å². The Balaban J connectivity index is 2.64. The van der Waals surface area contributed by atoms with Crippen LogP contribution in [0.5, 0.6) is 0 Å². The van der Waals surface area contributed by atoms with E-state index in [-0.39, 0.29) is 16.7 Å². The zero-order chi connectivity index (χ0) is 13.8. The molecule has 0 fully saturated rings. The predicted molar refractivity (Wildman–Crippen MR) is 69.7 cm³/mol. The Morgan fingerprint density at radius 3 is 2.67 bits per heavy atom. The van der Waals surface area contributed by atoms with Crippen molar-refractivity contribution in [3.05, 3.63) is 30.1 Å². The van der Waals surface area contributed by atoms with Crippen molar-refractivity contribution in [3.8, 4) is 0 Å². The zero-order valence-corrected chi connectivity index (χ0v) is 11.9. The summed E-state index contributed by atoms with van der Waals surface area (Å²) in [4.78, 5) is -0.104. The fourth-order valence-corrected chi connectivity index (χ4v) is 2.81. The number of nitrogens with one attached hydrogen (secondary N) is 1. The molecule has 0 spiro atoms. The lowest BCUT2D eigenvalue weighted by Crippen LogP contribution is -2.27. The normalized spacial score (nSPS) is 15.3. The van der Waals surface area contributed by atoms with Gasteiger partial charge in [0.2, 0.25) is 10.0 Å². The molecule has 0 amide bonds. The van der Waals surface area contributed by atoms with Gasteiger partial charge in [-0.05, 0) is 24.6 Å². The van der Waals surface area contributed by atoms with Gasteiger partial charge in [-0.3, -0.25) is 4.21 Å². The molecule has 7 heteroatoms. The summed E-state index contributed by atoms with van der Waals surface area (Å²) in [7, 11) is -4.67. The van der Waals surface area contributed by atoms with Crippen molar-refractivity contribution in [3.63, 3.8) is 0 Å². The molecule has 1 N–H and O–H groups in total. The fraction of sp³-hybridized carbons (Fsp3) is 0.455. The Kier molecular flexibility index (Phi) is 5.43. The highest BCUT2D eigenvalue weighted by atomic mass is 32.2. The lowest BCUT2D eigenvalue weighted by atomic mass is 10.3. The smallest absolute Gasteiger partial charge is 0.240 e. The molecule has 1 aromatic carbocycles. The highest BCUT2D eigenvalue weighted by molar-refractivity contribution is 7.89. The standard InChI is InChI=1S/C11H16FNO3S2/c1-9(17(2)14)6-7-13-18(15,16)11-5-3-4-10(12)8-11/h3-5,8-9,13H,6-7H2,1-2H3. The number of halogens is 1. The van der Waals surface area contributed by atoms with Crippen LogP contribution < -0.4 is 4.72 Å². The van der Waals surface area contributed by atoms with Crippen molar-refractivity contribution in [1.82, 2.24) is 4.72 Å². The summed E-state index contributed by atoms with van der Waals surface area (Å²) in [6.07, 6.45) is 2.05. The van der Waals surface area contributed by atoms with E-state index in [1.165, 1.54) is 18.2 Å². The highest BCUT2D eigenvalue weighted by Gasteiger charge is 2.15. The van der Waals surface area contributed by atoms with Gasteiger partial charge in [0.25, 0.3) is 0 Å². The minimum absolute atomic E-state index is 0.0831. The van der Waals surface area contributed by atoms with Crippen LogP contribution in [0.25, 0.3) is 0 Å². The van der Waals surface area contributed by atoms with Crippen molar-refractivity contribution in [2.45, 2.75) is 23.5 Å². The molecular weight excluding hydrogens is 277 g/mol. The first-order valence-corrected chi connectivity index (χ1v) is 8.51. The Labute approximate surface area is 109 Å². The minimum Gasteiger partial charge on any atom is -0.260 e. The molecule has 2 atom stereocenters. The van der Waals surface area contributed by atoms with Crippen molar-refractivity contribution >= 4 is 20.8 Å². The minimum atomic E-state index is -3.69. The average Bonchev–Trinajstić information content (AvgIpc) is 2.28. The van der Waals surface area contributed by atoms with Crippen molar-refractivity contribution in [2.24, 2.45) is 0 Å². The van der Waals surface area contributed by atoms with Crippen LogP contribution in [-0.4, -0.2) is 30.7 Å². The topological polar surface area (TPSA) is 63.2 Å². The largest absolute Gasteiger partial charge is 0.260 e. The molecule has 0 bridgehead atoms. The van der Waals surface area contributed by atoms with Crippen LogP contribution in [0.1, 0.15) is 13.3 Å². The second kappa shape index (κ2) is 6.40. The molecule has 2 unspecified atom stereocenters. The lowest BCUT2D eigenvalue weighted by molar-refractivity contribution is 0.574. The molecule has 0 aromatic heterocycles. The summed E-state index contributed by atoms with van der Waals surface area (Å²) in [5.41, 5.74) is 0. The molecule has 0 heterocycles. The first kappa shape index (κ1) is 15.3. The lowest BCUT2D eigenvalue weighted by Gasteiger charge is -2.10. The van der Waals surface area contributed by atoms with Gasteiger partial charge in [-0.1, -0.05) is 13.0 Å².